The molecule has 0 heterocycles. The second-order valence-electron chi connectivity index (χ2n) is 3.17. The number of nitrogens with two attached hydrogens (primary N) is 1. The van der Waals surface area contributed by atoms with Gasteiger partial charge in [-0.05, 0) is 6.42 Å². The maximum absolute atomic E-state index is 10.6. The molecular formula is C9H21N3O. The highest BCUT2D eigenvalue weighted by atomic mass is 16.2. The average molecular weight is 187 g/mol. The SMILES string of the molecule is CCCCCCCCNC(=O)NN. The fraction of sp³-hybridized carbons (Fsp3) is 0.889. The molecule has 0 aliphatic rings. The quantitative estimate of drug-likeness (QED) is 0.245. The molecule has 4 N–H and O–H groups in total. The van der Waals surface area contributed by atoms with Gasteiger partial charge in [0.15, 0.2) is 0 Å². The minimum atomic E-state index is -0.298. The maximum atomic E-state index is 10.6. The average Bonchev–Trinajstić information content (AvgIpc) is 2.16. The number of carbonyl (C=O) groups is 1. The lowest BCUT2D eigenvalue weighted by molar-refractivity contribution is 0.241. The zero-order valence-electron chi connectivity index (χ0n) is 8.44. The molecule has 0 saturated heterocycles. The van der Waals surface area contributed by atoms with Crippen LogP contribution in [-0.2, 0) is 0 Å². The van der Waals surface area contributed by atoms with Gasteiger partial charge in [-0.1, -0.05) is 39.0 Å². The molecule has 0 aliphatic heterocycles. The second kappa shape index (κ2) is 9.32. The minimum absolute atomic E-state index is 0.298. The Bertz CT molecular complexity index is 128. The van der Waals surface area contributed by atoms with E-state index in [2.05, 4.69) is 12.2 Å². The number of nitrogens with one attached hydrogen (secondary N) is 2. The molecule has 0 bridgehead atoms. The normalized spacial score (nSPS) is 9.69. The van der Waals surface area contributed by atoms with Crippen LogP contribution < -0.4 is 16.6 Å². The molecule has 2 amide bonds. The van der Waals surface area contributed by atoms with E-state index in [4.69, 9.17) is 5.84 Å². The molecule has 0 aliphatic carbocycles. The lowest BCUT2D eigenvalue weighted by Crippen LogP contribution is -2.40. The highest BCUT2D eigenvalue weighted by Crippen LogP contribution is 2.03. The van der Waals surface area contributed by atoms with Crippen LogP contribution in [0.1, 0.15) is 45.4 Å². The molecule has 4 nitrogen and oxygen atoms in total. The van der Waals surface area contributed by atoms with Crippen LogP contribution in [0, 0.1) is 0 Å². The van der Waals surface area contributed by atoms with Gasteiger partial charge < -0.3 is 5.32 Å². The molecule has 4 heteroatoms. The Balaban J connectivity index is 2.95. The molecule has 0 spiro atoms. The molecule has 0 unspecified atom stereocenters. The first-order valence-electron chi connectivity index (χ1n) is 5.05. The molecule has 0 fully saturated rings. The summed E-state index contributed by atoms with van der Waals surface area (Å²) in [6, 6.07) is -0.298. The van der Waals surface area contributed by atoms with Gasteiger partial charge in [-0.3, -0.25) is 5.43 Å². The van der Waals surface area contributed by atoms with Crippen molar-refractivity contribution in [1.82, 2.24) is 10.7 Å². The number of hydrogen-bond acceptors (Lipinski definition) is 2. The van der Waals surface area contributed by atoms with Gasteiger partial charge in [-0.2, -0.15) is 0 Å². The van der Waals surface area contributed by atoms with Crippen LogP contribution in [0.2, 0.25) is 0 Å². The Kier molecular flexibility index (Phi) is 8.77. The lowest BCUT2D eigenvalue weighted by Gasteiger charge is -2.03. The summed E-state index contributed by atoms with van der Waals surface area (Å²) in [5, 5.41) is 2.65. The van der Waals surface area contributed by atoms with Gasteiger partial charge in [0.2, 0.25) is 0 Å². The zero-order chi connectivity index (χ0) is 9.94. The highest BCUT2D eigenvalue weighted by molar-refractivity contribution is 5.72. The van der Waals surface area contributed by atoms with Crippen molar-refractivity contribution in [3.63, 3.8) is 0 Å². The Morgan fingerprint density at radius 2 is 1.77 bits per heavy atom. The smallest absolute Gasteiger partial charge is 0.328 e. The molecule has 0 aromatic rings. The van der Waals surface area contributed by atoms with Crippen molar-refractivity contribution in [2.24, 2.45) is 5.84 Å². The minimum Gasteiger partial charge on any atom is -0.337 e. The summed E-state index contributed by atoms with van der Waals surface area (Å²) in [4.78, 5) is 10.6. The van der Waals surface area contributed by atoms with Crippen molar-refractivity contribution < 1.29 is 4.79 Å². The van der Waals surface area contributed by atoms with E-state index < -0.39 is 0 Å². The highest BCUT2D eigenvalue weighted by Gasteiger charge is 1.94. The van der Waals surface area contributed by atoms with Gasteiger partial charge in [-0.25, -0.2) is 10.6 Å². The van der Waals surface area contributed by atoms with Crippen LogP contribution in [0.15, 0.2) is 0 Å². The molecule has 0 rings (SSSR count). The van der Waals surface area contributed by atoms with Gasteiger partial charge in [0, 0.05) is 6.54 Å². The Morgan fingerprint density at radius 1 is 1.15 bits per heavy atom. The van der Waals surface area contributed by atoms with E-state index >= 15 is 0 Å². The van der Waals surface area contributed by atoms with E-state index in [1.54, 1.807) is 0 Å². The lowest BCUT2D eigenvalue weighted by atomic mass is 10.1. The van der Waals surface area contributed by atoms with E-state index in [1.807, 2.05) is 5.43 Å². The topological polar surface area (TPSA) is 67.2 Å². The van der Waals surface area contributed by atoms with E-state index in [-0.39, 0.29) is 6.03 Å². The summed E-state index contributed by atoms with van der Waals surface area (Å²) >= 11 is 0. The largest absolute Gasteiger partial charge is 0.337 e. The number of unbranched alkanes of at least 4 members (excludes halogenated alkanes) is 5. The first kappa shape index (κ1) is 12.2. The first-order chi connectivity index (χ1) is 6.31. The maximum Gasteiger partial charge on any atom is 0.328 e. The predicted octanol–water partition coefficient (Wildman–Crippen LogP) is 1.52. The Labute approximate surface area is 80.2 Å². The van der Waals surface area contributed by atoms with Crippen molar-refractivity contribution in [3.05, 3.63) is 0 Å². The second-order valence-corrected chi connectivity index (χ2v) is 3.17. The molecule has 13 heavy (non-hydrogen) atoms. The number of urea groups is 1. The molecule has 0 aromatic heterocycles. The molecule has 0 saturated carbocycles. The van der Waals surface area contributed by atoms with Crippen molar-refractivity contribution in [2.45, 2.75) is 45.4 Å². The van der Waals surface area contributed by atoms with Crippen LogP contribution in [0.3, 0.4) is 0 Å². The van der Waals surface area contributed by atoms with E-state index in [0.29, 0.717) is 0 Å². The Hall–Kier alpha value is -0.770. The summed E-state index contributed by atoms with van der Waals surface area (Å²) in [7, 11) is 0. The molecule has 0 radical (unpaired) electrons. The first-order valence-corrected chi connectivity index (χ1v) is 5.05. The Morgan fingerprint density at radius 3 is 2.38 bits per heavy atom. The van der Waals surface area contributed by atoms with Crippen LogP contribution >= 0.6 is 0 Å². The van der Waals surface area contributed by atoms with Gasteiger partial charge in [0.1, 0.15) is 0 Å². The van der Waals surface area contributed by atoms with Crippen molar-refractivity contribution in [1.29, 1.82) is 0 Å². The van der Waals surface area contributed by atoms with Gasteiger partial charge >= 0.3 is 6.03 Å². The zero-order valence-corrected chi connectivity index (χ0v) is 8.44. The van der Waals surface area contributed by atoms with Crippen LogP contribution in [-0.4, -0.2) is 12.6 Å². The summed E-state index contributed by atoms with van der Waals surface area (Å²) in [5.41, 5.74) is 2.03. The third kappa shape index (κ3) is 9.14. The van der Waals surface area contributed by atoms with Crippen LogP contribution in [0.5, 0.6) is 0 Å². The van der Waals surface area contributed by atoms with E-state index in [9.17, 15) is 4.79 Å². The van der Waals surface area contributed by atoms with Crippen molar-refractivity contribution in [3.8, 4) is 0 Å². The molecule has 78 valence electrons. The van der Waals surface area contributed by atoms with Gasteiger partial charge in [0.05, 0.1) is 0 Å². The number of hydrazine groups is 1. The number of hydrogen-bond donors (Lipinski definition) is 3. The van der Waals surface area contributed by atoms with Crippen molar-refractivity contribution >= 4 is 6.03 Å². The summed E-state index contributed by atoms with van der Waals surface area (Å²) < 4.78 is 0. The van der Waals surface area contributed by atoms with Crippen molar-refractivity contribution in [2.75, 3.05) is 6.54 Å². The summed E-state index contributed by atoms with van der Waals surface area (Å²) in [6.07, 6.45) is 7.38. The standard InChI is InChI=1S/C9H21N3O/c1-2-3-4-5-6-7-8-11-9(13)12-10/h2-8,10H2,1H3,(H2,11,12,13). The van der Waals surface area contributed by atoms with Crippen LogP contribution in [0.4, 0.5) is 4.79 Å². The van der Waals surface area contributed by atoms with Gasteiger partial charge in [-0.15, -0.1) is 0 Å². The fourth-order valence-corrected chi connectivity index (χ4v) is 1.16. The third-order valence-corrected chi connectivity index (χ3v) is 1.95. The van der Waals surface area contributed by atoms with E-state index in [0.717, 1.165) is 13.0 Å². The third-order valence-electron chi connectivity index (χ3n) is 1.95. The molecule has 0 aromatic carbocycles. The fourth-order valence-electron chi connectivity index (χ4n) is 1.16. The number of amides is 2. The molecule has 0 atom stereocenters. The summed E-state index contributed by atoms with van der Waals surface area (Å²) in [6.45, 7) is 2.92. The summed E-state index contributed by atoms with van der Waals surface area (Å²) in [5.74, 6) is 4.89. The van der Waals surface area contributed by atoms with Crippen LogP contribution in [0.25, 0.3) is 0 Å². The number of rotatable bonds is 7. The predicted molar refractivity (Wildman–Crippen MR) is 54.1 cm³/mol. The number of carbonyl (C=O) groups excluding carboxylic acids is 1. The van der Waals surface area contributed by atoms with E-state index in [1.165, 1.54) is 32.1 Å². The monoisotopic (exact) mass is 187 g/mol. The van der Waals surface area contributed by atoms with Gasteiger partial charge in [0.25, 0.3) is 0 Å². The molecular weight excluding hydrogens is 166 g/mol.